The summed E-state index contributed by atoms with van der Waals surface area (Å²) in [6.07, 6.45) is -6.54. The van der Waals surface area contributed by atoms with Crippen molar-refractivity contribution in [2.24, 2.45) is 5.73 Å². The summed E-state index contributed by atoms with van der Waals surface area (Å²) in [5.74, 6) is -5.62. The number of rotatable bonds is 12. The number of alkyl carbamates (subject to hydrolysis) is 1. The van der Waals surface area contributed by atoms with E-state index in [1.165, 1.54) is 24.3 Å². The number of nitrogens with one attached hydrogen (secondary N) is 3. The molecule has 3 aromatic rings. The second-order valence-corrected chi connectivity index (χ2v) is 10.3. The number of primary amides is 1. The van der Waals surface area contributed by atoms with E-state index in [0.29, 0.717) is 17.2 Å². The summed E-state index contributed by atoms with van der Waals surface area (Å²) < 4.78 is 110. The van der Waals surface area contributed by atoms with E-state index in [1.807, 2.05) is 0 Å². The summed E-state index contributed by atoms with van der Waals surface area (Å²) in [6, 6.07) is 9.69. The Morgan fingerprint density at radius 2 is 1.54 bits per heavy atom. The number of benzene rings is 3. The van der Waals surface area contributed by atoms with Gasteiger partial charge in [0, 0.05) is 24.6 Å². The molecule has 0 bridgehead atoms. The Bertz CT molecular complexity index is 1440. The fraction of sp³-hybridized carbons (Fsp3) is 0.333. The van der Waals surface area contributed by atoms with Crippen molar-refractivity contribution in [1.29, 1.82) is 0 Å². The zero-order chi connectivity index (χ0) is 33.4. The van der Waals surface area contributed by atoms with Crippen molar-refractivity contribution < 1.29 is 54.5 Å². The standard InChI is InChI=1S/C30H29F7N4O5/c31-18-5-1-16(2-6-18)25(17-3-7-19(32)8-4-17)26(28(38)42)41-24-10-20(33)9-23(34)27(24)45-14-22-11-39-21(12-44-22)13-46-29(43)40-15-30(35,36)37/h1-10,21-22,25-26,39,41H,11-15H2,(H2,38,42)(H,40,43)/t21-,22-,26-/m0/s1. The second-order valence-electron chi connectivity index (χ2n) is 10.3. The molecule has 5 N–H and O–H groups in total. The maximum atomic E-state index is 15.0. The molecule has 9 nitrogen and oxygen atoms in total. The molecule has 1 fully saturated rings. The van der Waals surface area contributed by atoms with Crippen LogP contribution in [0.25, 0.3) is 0 Å². The maximum Gasteiger partial charge on any atom is 0.407 e. The van der Waals surface area contributed by atoms with Gasteiger partial charge in [-0.1, -0.05) is 24.3 Å². The van der Waals surface area contributed by atoms with E-state index in [1.54, 1.807) is 5.32 Å². The van der Waals surface area contributed by atoms with Gasteiger partial charge < -0.3 is 35.9 Å². The third-order valence-electron chi connectivity index (χ3n) is 6.85. The molecule has 16 heteroatoms. The van der Waals surface area contributed by atoms with Crippen LogP contribution < -0.4 is 26.4 Å². The van der Waals surface area contributed by atoms with Crippen LogP contribution in [-0.4, -0.2) is 69.3 Å². The lowest BCUT2D eigenvalue weighted by Gasteiger charge is -2.31. The van der Waals surface area contributed by atoms with Crippen LogP contribution in [0, 0.1) is 23.3 Å². The number of alkyl halides is 3. The fourth-order valence-electron chi connectivity index (χ4n) is 4.68. The Labute approximate surface area is 258 Å². The van der Waals surface area contributed by atoms with Crippen LogP contribution in [0.5, 0.6) is 5.75 Å². The molecule has 1 aliphatic rings. The molecule has 248 valence electrons. The van der Waals surface area contributed by atoms with Crippen molar-refractivity contribution in [1.82, 2.24) is 10.6 Å². The summed E-state index contributed by atoms with van der Waals surface area (Å²) in [5, 5.41) is 7.28. The lowest BCUT2D eigenvalue weighted by molar-refractivity contribution is -0.124. The quantitative estimate of drug-likeness (QED) is 0.213. The van der Waals surface area contributed by atoms with E-state index >= 15 is 4.39 Å². The number of ether oxygens (including phenoxy) is 3. The zero-order valence-corrected chi connectivity index (χ0v) is 23.9. The number of carbonyl (C=O) groups excluding carboxylic acids is 2. The number of halogens is 7. The first kappa shape index (κ1) is 34.3. The largest absolute Gasteiger partial charge is 0.486 e. The summed E-state index contributed by atoms with van der Waals surface area (Å²) in [4.78, 5) is 24.2. The molecular formula is C30H29F7N4O5. The summed E-state index contributed by atoms with van der Waals surface area (Å²) in [6.45, 7) is -2.06. The van der Waals surface area contributed by atoms with Crippen molar-refractivity contribution in [2.45, 2.75) is 30.3 Å². The molecule has 4 rings (SSSR count). The Kier molecular flexibility index (Phi) is 11.3. The third kappa shape index (κ3) is 9.71. The first-order chi connectivity index (χ1) is 21.8. The van der Waals surface area contributed by atoms with Gasteiger partial charge in [-0.2, -0.15) is 13.2 Å². The van der Waals surface area contributed by atoms with Gasteiger partial charge in [0.15, 0.2) is 11.6 Å². The van der Waals surface area contributed by atoms with Gasteiger partial charge in [0.2, 0.25) is 5.91 Å². The molecule has 1 aliphatic heterocycles. The van der Waals surface area contributed by atoms with Gasteiger partial charge in [-0.25, -0.2) is 22.4 Å². The zero-order valence-electron chi connectivity index (χ0n) is 23.9. The molecule has 1 saturated heterocycles. The third-order valence-corrected chi connectivity index (χ3v) is 6.85. The van der Waals surface area contributed by atoms with Gasteiger partial charge in [0.1, 0.15) is 49.4 Å². The van der Waals surface area contributed by atoms with Gasteiger partial charge in [-0.15, -0.1) is 0 Å². The Morgan fingerprint density at radius 3 is 2.07 bits per heavy atom. The van der Waals surface area contributed by atoms with Crippen molar-refractivity contribution in [3.05, 3.63) is 95.1 Å². The van der Waals surface area contributed by atoms with Gasteiger partial charge in [-0.05, 0) is 35.4 Å². The predicted molar refractivity (Wildman–Crippen MR) is 150 cm³/mol. The van der Waals surface area contributed by atoms with E-state index in [0.717, 1.165) is 30.3 Å². The van der Waals surface area contributed by atoms with E-state index in [9.17, 15) is 35.9 Å². The van der Waals surface area contributed by atoms with E-state index in [-0.39, 0.29) is 32.1 Å². The van der Waals surface area contributed by atoms with Crippen LogP contribution in [-0.2, 0) is 14.3 Å². The lowest BCUT2D eigenvalue weighted by Crippen LogP contribution is -2.51. The first-order valence-corrected chi connectivity index (χ1v) is 13.8. The van der Waals surface area contributed by atoms with Crippen molar-refractivity contribution >= 4 is 17.7 Å². The second kappa shape index (κ2) is 15.1. The molecular weight excluding hydrogens is 629 g/mol. The van der Waals surface area contributed by atoms with Gasteiger partial charge in [-0.3, -0.25) is 4.79 Å². The van der Waals surface area contributed by atoms with Gasteiger partial charge in [0.25, 0.3) is 0 Å². The Balaban J connectivity index is 1.45. The first-order valence-electron chi connectivity index (χ1n) is 13.8. The molecule has 2 amide bonds. The molecule has 0 aromatic heterocycles. The highest BCUT2D eigenvalue weighted by Gasteiger charge is 2.32. The number of anilines is 1. The average Bonchev–Trinajstić information content (AvgIpc) is 3.00. The predicted octanol–water partition coefficient (Wildman–Crippen LogP) is 4.37. The van der Waals surface area contributed by atoms with Crippen LogP contribution >= 0.6 is 0 Å². The van der Waals surface area contributed by atoms with E-state index in [2.05, 4.69) is 10.6 Å². The molecule has 0 aliphatic carbocycles. The van der Waals surface area contributed by atoms with Crippen LogP contribution in [0.2, 0.25) is 0 Å². The number of nitrogens with two attached hydrogens (primary N) is 1. The molecule has 0 radical (unpaired) electrons. The highest BCUT2D eigenvalue weighted by Crippen LogP contribution is 2.35. The summed E-state index contributed by atoms with van der Waals surface area (Å²) >= 11 is 0. The van der Waals surface area contributed by atoms with Crippen LogP contribution in [0.3, 0.4) is 0 Å². The van der Waals surface area contributed by atoms with Crippen LogP contribution in [0.4, 0.5) is 41.2 Å². The minimum Gasteiger partial charge on any atom is -0.486 e. The number of hydrogen-bond donors (Lipinski definition) is 4. The topological polar surface area (TPSA) is 124 Å². The molecule has 0 spiro atoms. The minimum atomic E-state index is -4.59. The monoisotopic (exact) mass is 658 g/mol. The van der Waals surface area contributed by atoms with Crippen molar-refractivity contribution in [3.63, 3.8) is 0 Å². The Hall–Kier alpha value is -4.57. The van der Waals surface area contributed by atoms with Crippen molar-refractivity contribution in [3.8, 4) is 5.75 Å². The molecule has 1 heterocycles. The van der Waals surface area contributed by atoms with Gasteiger partial charge >= 0.3 is 12.3 Å². The number of carbonyl (C=O) groups is 2. The molecule has 46 heavy (non-hydrogen) atoms. The molecule has 3 atom stereocenters. The average molecular weight is 659 g/mol. The summed E-state index contributed by atoms with van der Waals surface area (Å²) in [5.41, 5.74) is 6.24. The lowest BCUT2D eigenvalue weighted by atomic mass is 9.84. The number of hydrogen-bond acceptors (Lipinski definition) is 7. The highest BCUT2D eigenvalue weighted by molar-refractivity contribution is 5.85. The van der Waals surface area contributed by atoms with E-state index < -0.39 is 77.8 Å². The maximum absolute atomic E-state index is 15.0. The normalized spacial score (nSPS) is 17.3. The summed E-state index contributed by atoms with van der Waals surface area (Å²) in [7, 11) is 0. The Morgan fingerprint density at radius 1 is 0.935 bits per heavy atom. The fourth-order valence-corrected chi connectivity index (χ4v) is 4.68. The highest BCUT2D eigenvalue weighted by atomic mass is 19.4. The van der Waals surface area contributed by atoms with Crippen LogP contribution in [0.15, 0.2) is 60.7 Å². The van der Waals surface area contributed by atoms with Crippen LogP contribution in [0.1, 0.15) is 17.0 Å². The molecule has 0 saturated carbocycles. The van der Waals surface area contributed by atoms with Gasteiger partial charge in [0.05, 0.1) is 18.3 Å². The molecule has 0 unspecified atom stereocenters. The van der Waals surface area contributed by atoms with E-state index in [4.69, 9.17) is 19.9 Å². The SMILES string of the molecule is NC(=O)[C@@H](Nc1cc(F)cc(F)c1OC[C@@H]1CN[C@H](COC(=O)NCC(F)(F)F)CO1)C(c1ccc(F)cc1)c1ccc(F)cc1. The minimum absolute atomic E-state index is 0.0433. The van der Waals surface area contributed by atoms with Crippen molar-refractivity contribution in [2.75, 3.05) is 38.2 Å². The smallest absolute Gasteiger partial charge is 0.407 e. The number of amides is 2. The number of morpholine rings is 1. The molecule has 3 aromatic carbocycles.